The second-order valence-corrected chi connectivity index (χ2v) is 9.94. The lowest BCUT2D eigenvalue weighted by atomic mass is 10.3. The molecule has 170 valence electrons. The zero-order chi connectivity index (χ0) is 22.7. The first-order valence-electron chi connectivity index (χ1n) is 10.0. The van der Waals surface area contributed by atoms with E-state index in [9.17, 15) is 17.6 Å². The molecule has 0 N–H and O–H groups in total. The predicted octanol–water partition coefficient (Wildman–Crippen LogP) is 2.32. The quantitative estimate of drug-likeness (QED) is 0.479. The van der Waals surface area contributed by atoms with E-state index in [1.807, 2.05) is 11.5 Å². The van der Waals surface area contributed by atoms with E-state index in [0.717, 1.165) is 12.1 Å². The van der Waals surface area contributed by atoms with Gasteiger partial charge in [-0.1, -0.05) is 11.8 Å². The van der Waals surface area contributed by atoms with Gasteiger partial charge in [-0.25, -0.2) is 12.8 Å². The van der Waals surface area contributed by atoms with E-state index in [0.29, 0.717) is 23.3 Å². The summed E-state index contributed by atoms with van der Waals surface area (Å²) in [5, 5.41) is 8.96. The van der Waals surface area contributed by atoms with Crippen LogP contribution in [-0.4, -0.2) is 70.2 Å². The third-order valence-electron chi connectivity index (χ3n) is 5.14. The third kappa shape index (κ3) is 4.57. The van der Waals surface area contributed by atoms with E-state index in [2.05, 4.69) is 10.2 Å². The molecule has 0 radical (unpaired) electrons. The summed E-state index contributed by atoms with van der Waals surface area (Å²) in [6.45, 7) is 3.53. The van der Waals surface area contributed by atoms with Crippen LogP contribution >= 0.6 is 11.8 Å². The molecule has 0 aliphatic carbocycles. The highest BCUT2D eigenvalue weighted by molar-refractivity contribution is 7.99. The summed E-state index contributed by atoms with van der Waals surface area (Å²) in [5.74, 6) is 0.787. The van der Waals surface area contributed by atoms with Gasteiger partial charge in [0.15, 0.2) is 16.7 Å². The third-order valence-corrected chi connectivity index (χ3v) is 8.01. The van der Waals surface area contributed by atoms with Gasteiger partial charge in [0.25, 0.3) is 0 Å². The number of aromatic nitrogens is 3. The SMILES string of the molecule is CCn1c(SCC(=O)N2CCN(S(=O)(=O)c3ccc(F)cc3)CC2)nnc1-c1ccco1. The van der Waals surface area contributed by atoms with Crippen LogP contribution < -0.4 is 0 Å². The first kappa shape index (κ1) is 22.5. The van der Waals surface area contributed by atoms with Crippen molar-refractivity contribution in [2.45, 2.75) is 23.5 Å². The first-order chi connectivity index (χ1) is 15.4. The Bertz CT molecular complexity index is 1170. The van der Waals surface area contributed by atoms with E-state index in [1.165, 1.54) is 28.2 Å². The fourth-order valence-corrected chi connectivity index (χ4v) is 5.75. The van der Waals surface area contributed by atoms with Crippen LogP contribution in [0.1, 0.15) is 6.92 Å². The molecule has 0 atom stereocenters. The summed E-state index contributed by atoms with van der Waals surface area (Å²) < 4.78 is 47.1. The van der Waals surface area contributed by atoms with Crippen molar-refractivity contribution in [3.05, 3.63) is 48.5 Å². The Kier molecular flexibility index (Phi) is 6.63. The number of hydrogen-bond donors (Lipinski definition) is 0. The second kappa shape index (κ2) is 9.43. The minimum absolute atomic E-state index is 0.0421. The van der Waals surface area contributed by atoms with Gasteiger partial charge in [-0.15, -0.1) is 10.2 Å². The topological polar surface area (TPSA) is 102 Å². The number of furan rings is 1. The predicted molar refractivity (Wildman–Crippen MR) is 116 cm³/mol. The summed E-state index contributed by atoms with van der Waals surface area (Å²) in [6.07, 6.45) is 1.57. The number of sulfonamides is 1. The van der Waals surface area contributed by atoms with Crippen molar-refractivity contribution in [3.8, 4) is 11.6 Å². The molecular formula is C20H22FN5O4S2. The zero-order valence-corrected chi connectivity index (χ0v) is 19.0. The van der Waals surface area contributed by atoms with E-state index < -0.39 is 15.8 Å². The molecule has 0 spiro atoms. The van der Waals surface area contributed by atoms with Gasteiger partial charge in [0.1, 0.15) is 5.82 Å². The molecular weight excluding hydrogens is 457 g/mol. The molecule has 12 heteroatoms. The Morgan fingerprint density at radius 3 is 2.47 bits per heavy atom. The summed E-state index contributed by atoms with van der Waals surface area (Å²) in [7, 11) is -3.72. The number of rotatable bonds is 7. The molecule has 1 aliphatic heterocycles. The van der Waals surface area contributed by atoms with Crippen molar-refractivity contribution in [1.82, 2.24) is 24.0 Å². The largest absolute Gasteiger partial charge is 0.461 e. The molecule has 0 bridgehead atoms. The van der Waals surface area contributed by atoms with Crippen LogP contribution in [0.15, 0.2) is 57.1 Å². The average Bonchev–Trinajstić information content (AvgIpc) is 3.47. The fraction of sp³-hybridized carbons (Fsp3) is 0.350. The molecule has 2 aromatic heterocycles. The van der Waals surface area contributed by atoms with Crippen molar-refractivity contribution in [3.63, 3.8) is 0 Å². The van der Waals surface area contributed by atoms with E-state index in [1.54, 1.807) is 23.3 Å². The van der Waals surface area contributed by atoms with Crippen LogP contribution in [0.3, 0.4) is 0 Å². The Labute approximate surface area is 189 Å². The van der Waals surface area contributed by atoms with Crippen LogP contribution in [0.4, 0.5) is 4.39 Å². The lowest BCUT2D eigenvalue weighted by Gasteiger charge is -2.34. The minimum Gasteiger partial charge on any atom is -0.461 e. The van der Waals surface area contributed by atoms with Crippen molar-refractivity contribution >= 4 is 27.7 Å². The molecule has 1 amide bonds. The Morgan fingerprint density at radius 1 is 1.12 bits per heavy atom. The van der Waals surface area contributed by atoms with Crippen molar-refractivity contribution < 1.29 is 22.0 Å². The smallest absolute Gasteiger partial charge is 0.243 e. The highest BCUT2D eigenvalue weighted by atomic mass is 32.2. The van der Waals surface area contributed by atoms with Crippen LogP contribution in [0.25, 0.3) is 11.6 Å². The van der Waals surface area contributed by atoms with Gasteiger partial charge in [-0.2, -0.15) is 4.31 Å². The normalized spacial score (nSPS) is 15.2. The molecule has 0 saturated carbocycles. The minimum atomic E-state index is -3.72. The van der Waals surface area contributed by atoms with Crippen LogP contribution in [-0.2, 0) is 21.4 Å². The van der Waals surface area contributed by atoms with Crippen molar-refractivity contribution in [2.75, 3.05) is 31.9 Å². The highest BCUT2D eigenvalue weighted by Crippen LogP contribution is 2.25. The van der Waals surface area contributed by atoms with Gasteiger partial charge >= 0.3 is 0 Å². The summed E-state index contributed by atoms with van der Waals surface area (Å²) in [5.41, 5.74) is 0. The van der Waals surface area contributed by atoms with Crippen molar-refractivity contribution in [2.24, 2.45) is 0 Å². The highest BCUT2D eigenvalue weighted by Gasteiger charge is 2.30. The molecule has 3 heterocycles. The number of carbonyl (C=O) groups excluding carboxylic acids is 1. The number of hydrogen-bond acceptors (Lipinski definition) is 7. The number of carbonyl (C=O) groups is 1. The Hall–Kier alpha value is -2.70. The fourth-order valence-electron chi connectivity index (χ4n) is 3.42. The molecule has 32 heavy (non-hydrogen) atoms. The molecule has 3 aromatic rings. The van der Waals surface area contributed by atoms with Gasteiger partial charge < -0.3 is 9.32 Å². The summed E-state index contributed by atoms with van der Waals surface area (Å²) in [6, 6.07) is 8.32. The molecule has 1 saturated heterocycles. The maximum atomic E-state index is 13.1. The molecule has 1 fully saturated rings. The molecule has 9 nitrogen and oxygen atoms in total. The van der Waals surface area contributed by atoms with Crippen molar-refractivity contribution in [1.29, 1.82) is 0 Å². The molecule has 4 rings (SSSR count). The summed E-state index contributed by atoms with van der Waals surface area (Å²) >= 11 is 1.29. The van der Waals surface area contributed by atoms with E-state index >= 15 is 0 Å². The van der Waals surface area contributed by atoms with Gasteiger partial charge in [0, 0.05) is 32.7 Å². The van der Waals surface area contributed by atoms with Crippen LogP contribution in [0.2, 0.25) is 0 Å². The number of benzene rings is 1. The van der Waals surface area contributed by atoms with E-state index in [4.69, 9.17) is 4.42 Å². The first-order valence-corrected chi connectivity index (χ1v) is 12.5. The number of amides is 1. The second-order valence-electron chi connectivity index (χ2n) is 7.06. The number of halogens is 1. The lowest BCUT2D eigenvalue weighted by Crippen LogP contribution is -2.50. The standard InChI is InChI=1S/C20H22FN5O4S2/c1-2-26-19(17-4-3-13-30-17)22-23-20(26)31-14-18(27)24-9-11-25(12-10-24)32(28,29)16-7-5-15(21)6-8-16/h3-8,13H,2,9-12,14H2,1H3. The van der Waals surface area contributed by atoms with E-state index in [-0.39, 0.29) is 42.7 Å². The lowest BCUT2D eigenvalue weighted by molar-refractivity contribution is -0.129. The number of nitrogens with zero attached hydrogens (tertiary/aromatic N) is 5. The monoisotopic (exact) mass is 479 g/mol. The Morgan fingerprint density at radius 2 is 1.84 bits per heavy atom. The molecule has 1 aliphatic rings. The van der Waals surface area contributed by atoms with Crippen LogP contribution in [0, 0.1) is 5.82 Å². The molecule has 0 unspecified atom stereocenters. The average molecular weight is 480 g/mol. The Balaban J connectivity index is 1.34. The number of piperazine rings is 1. The number of thioether (sulfide) groups is 1. The maximum Gasteiger partial charge on any atom is 0.243 e. The maximum absolute atomic E-state index is 13.1. The van der Waals surface area contributed by atoms with Gasteiger partial charge in [0.05, 0.1) is 16.9 Å². The van der Waals surface area contributed by atoms with Gasteiger partial charge in [0.2, 0.25) is 15.9 Å². The molecule has 1 aromatic carbocycles. The van der Waals surface area contributed by atoms with Gasteiger partial charge in [-0.3, -0.25) is 9.36 Å². The zero-order valence-electron chi connectivity index (χ0n) is 17.3. The summed E-state index contributed by atoms with van der Waals surface area (Å²) in [4.78, 5) is 14.4. The van der Waals surface area contributed by atoms with Crippen LogP contribution in [0.5, 0.6) is 0 Å². The van der Waals surface area contributed by atoms with Gasteiger partial charge in [-0.05, 0) is 43.3 Å².